The highest BCUT2D eigenvalue weighted by Crippen LogP contribution is 2.44. The Morgan fingerprint density at radius 1 is 1.18 bits per heavy atom. The smallest absolute Gasteiger partial charge is 0.246 e. The van der Waals surface area contributed by atoms with Gasteiger partial charge in [-0.3, -0.25) is 14.4 Å². The van der Waals surface area contributed by atoms with Gasteiger partial charge in [-0.25, -0.2) is 0 Å². The van der Waals surface area contributed by atoms with Gasteiger partial charge in [-0.2, -0.15) is 0 Å². The van der Waals surface area contributed by atoms with Gasteiger partial charge in [-0.15, -0.1) is 0 Å². The van der Waals surface area contributed by atoms with Crippen molar-refractivity contribution in [3.05, 3.63) is 29.8 Å². The number of unbranched alkanes of at least 4 members (excludes halogenated alkanes) is 3. The van der Waals surface area contributed by atoms with Gasteiger partial charge < -0.3 is 29.9 Å². The summed E-state index contributed by atoms with van der Waals surface area (Å²) in [5.41, 5.74) is 0.759. The number of benzene rings is 1. The van der Waals surface area contributed by atoms with Crippen molar-refractivity contribution in [2.45, 2.75) is 70.5 Å². The van der Waals surface area contributed by atoms with Crippen LogP contribution in [-0.4, -0.2) is 91.7 Å². The second-order valence-corrected chi connectivity index (χ2v) is 12.1. The number of fused-ring (bicyclic) bond motifs is 1. The number of aliphatic hydroxyl groups excluding tert-OH is 1. The van der Waals surface area contributed by atoms with E-state index in [1.54, 1.807) is 11.0 Å². The quantitative estimate of drug-likeness (QED) is 0.252. The molecule has 2 aliphatic heterocycles. The van der Waals surface area contributed by atoms with E-state index in [-0.39, 0.29) is 43.3 Å². The molecule has 212 valence electrons. The molecule has 9 heteroatoms. The summed E-state index contributed by atoms with van der Waals surface area (Å²) < 4.78 is 6.56. The number of nitrogens with zero attached hydrogens (tertiary/aromatic N) is 2. The van der Waals surface area contributed by atoms with Crippen molar-refractivity contribution in [1.82, 2.24) is 15.5 Å². The molecule has 0 bridgehead atoms. The second-order valence-electron chi connectivity index (χ2n) is 12.1. The summed E-state index contributed by atoms with van der Waals surface area (Å²) >= 11 is 0. The molecule has 9 nitrogen and oxygen atoms in total. The van der Waals surface area contributed by atoms with Crippen molar-refractivity contribution in [2.75, 3.05) is 47.4 Å². The maximum atomic E-state index is 13.6. The van der Waals surface area contributed by atoms with E-state index in [0.29, 0.717) is 18.7 Å². The molecule has 2 heterocycles. The van der Waals surface area contributed by atoms with Crippen LogP contribution in [0.3, 0.4) is 0 Å². The molecule has 2 saturated heterocycles. The number of aliphatic hydroxyl groups is 1. The second kappa shape index (κ2) is 13.4. The number of nitrogens with one attached hydrogen (secondary N) is 2. The van der Waals surface area contributed by atoms with Crippen LogP contribution >= 0.6 is 0 Å². The van der Waals surface area contributed by atoms with E-state index in [2.05, 4.69) is 31.8 Å². The number of amides is 3. The van der Waals surface area contributed by atoms with Crippen molar-refractivity contribution in [1.29, 1.82) is 0 Å². The summed E-state index contributed by atoms with van der Waals surface area (Å²) in [7, 11) is 6.57. The number of hydrogen-bond acceptors (Lipinski definition) is 5. The largest absolute Gasteiger partial charge is 0.491 e. The first-order valence-electron chi connectivity index (χ1n) is 14.1. The summed E-state index contributed by atoms with van der Waals surface area (Å²) in [4.78, 5) is 41.9. The molecule has 38 heavy (non-hydrogen) atoms. The van der Waals surface area contributed by atoms with Crippen LogP contribution in [0.15, 0.2) is 24.3 Å². The van der Waals surface area contributed by atoms with E-state index >= 15 is 0 Å². The lowest BCUT2D eigenvalue weighted by Gasteiger charge is -2.39. The monoisotopic (exact) mass is 531 g/mol. The molecule has 4 atom stereocenters. The molecule has 0 unspecified atom stereocenters. The predicted octanol–water partition coefficient (Wildman–Crippen LogP) is 2.24. The Labute approximate surface area is 227 Å². The van der Waals surface area contributed by atoms with Gasteiger partial charge in [0.2, 0.25) is 17.7 Å². The minimum absolute atomic E-state index is 0.113. The van der Waals surface area contributed by atoms with Crippen LogP contribution in [0.2, 0.25) is 0 Å². The summed E-state index contributed by atoms with van der Waals surface area (Å²) in [5.74, 6) is -0.209. The SMILES string of the molecule is CC(C)C[C@@H]1NC(=O)[C@@H]2C[C@H](C(=O)NCCCCCC[N+](C)(C)C)[C@H](c3cccc(OCCO)c3)N2C1=O. The summed E-state index contributed by atoms with van der Waals surface area (Å²) in [6.07, 6.45) is 5.06. The molecule has 0 aliphatic carbocycles. The van der Waals surface area contributed by atoms with Gasteiger partial charge in [-0.05, 0) is 55.7 Å². The van der Waals surface area contributed by atoms with Crippen molar-refractivity contribution in [3.8, 4) is 5.75 Å². The average molecular weight is 532 g/mol. The average Bonchev–Trinajstić information content (AvgIpc) is 3.26. The molecular formula is C29H47N4O5+. The van der Waals surface area contributed by atoms with E-state index in [9.17, 15) is 14.4 Å². The van der Waals surface area contributed by atoms with E-state index in [0.717, 1.165) is 42.3 Å². The highest BCUT2D eigenvalue weighted by atomic mass is 16.5. The van der Waals surface area contributed by atoms with Crippen LogP contribution in [0.5, 0.6) is 5.75 Å². The zero-order chi connectivity index (χ0) is 27.9. The molecular weight excluding hydrogens is 484 g/mol. The van der Waals surface area contributed by atoms with Crippen molar-refractivity contribution < 1.29 is 28.7 Å². The Morgan fingerprint density at radius 2 is 1.92 bits per heavy atom. The standard InChI is InChI=1S/C29H46N4O5/c1-20(2)17-24-29(37)32-25(28(36)31-24)19-23(26(32)21-11-10-12-22(18-21)38-16-15-34)27(35)30-13-8-6-7-9-14-33(3,4)5/h10-12,18,20,23-26,34H,6-9,13-17,19H2,1-5H3,(H-,30,31,35,36)/p+1/t23-,24-,25-,26-/m0/s1. The zero-order valence-electron chi connectivity index (χ0n) is 23.7. The molecule has 0 spiro atoms. The maximum absolute atomic E-state index is 13.6. The van der Waals surface area contributed by atoms with Crippen molar-refractivity contribution >= 4 is 17.7 Å². The topological polar surface area (TPSA) is 108 Å². The molecule has 3 amide bonds. The fraction of sp³-hybridized carbons (Fsp3) is 0.690. The van der Waals surface area contributed by atoms with Crippen LogP contribution in [0.4, 0.5) is 0 Å². The molecule has 0 saturated carbocycles. The molecule has 0 aromatic heterocycles. The number of ether oxygens (including phenoxy) is 1. The first kappa shape index (κ1) is 29.9. The van der Waals surface area contributed by atoms with Crippen LogP contribution in [-0.2, 0) is 14.4 Å². The first-order chi connectivity index (χ1) is 18.0. The summed E-state index contributed by atoms with van der Waals surface area (Å²) in [6, 6.07) is 5.47. The van der Waals surface area contributed by atoms with Crippen LogP contribution < -0.4 is 15.4 Å². The molecule has 2 aliphatic rings. The van der Waals surface area contributed by atoms with Gasteiger partial charge in [0.05, 0.1) is 46.3 Å². The number of rotatable bonds is 14. The van der Waals surface area contributed by atoms with Crippen LogP contribution in [0.25, 0.3) is 0 Å². The molecule has 1 aromatic carbocycles. The normalized spacial score (nSPS) is 23.4. The third-order valence-corrected chi connectivity index (χ3v) is 7.32. The van der Waals surface area contributed by atoms with Crippen molar-refractivity contribution in [3.63, 3.8) is 0 Å². The minimum Gasteiger partial charge on any atom is -0.491 e. The number of hydrogen-bond donors (Lipinski definition) is 3. The number of carbonyl (C=O) groups excluding carboxylic acids is 3. The highest BCUT2D eigenvalue weighted by molar-refractivity contribution is 5.99. The summed E-state index contributed by atoms with van der Waals surface area (Å²) in [6.45, 7) is 5.78. The Morgan fingerprint density at radius 3 is 2.61 bits per heavy atom. The van der Waals surface area contributed by atoms with Crippen molar-refractivity contribution in [2.24, 2.45) is 11.8 Å². The third kappa shape index (κ3) is 7.93. The van der Waals surface area contributed by atoms with Gasteiger partial charge in [0, 0.05) is 6.54 Å². The van der Waals surface area contributed by atoms with Crippen LogP contribution in [0.1, 0.15) is 64.0 Å². The number of quaternary nitrogens is 1. The lowest BCUT2D eigenvalue weighted by molar-refractivity contribution is -0.870. The van der Waals surface area contributed by atoms with Gasteiger partial charge >= 0.3 is 0 Å². The Kier molecular flexibility index (Phi) is 10.6. The fourth-order valence-electron chi connectivity index (χ4n) is 5.54. The van der Waals surface area contributed by atoms with E-state index < -0.39 is 24.0 Å². The van der Waals surface area contributed by atoms with Gasteiger partial charge in [0.1, 0.15) is 24.4 Å². The highest BCUT2D eigenvalue weighted by Gasteiger charge is 2.54. The van der Waals surface area contributed by atoms with Gasteiger partial charge in [0.25, 0.3) is 0 Å². The predicted molar refractivity (Wildman–Crippen MR) is 146 cm³/mol. The molecule has 3 N–H and O–H groups in total. The lowest BCUT2D eigenvalue weighted by Crippen LogP contribution is -2.61. The zero-order valence-corrected chi connectivity index (χ0v) is 23.7. The maximum Gasteiger partial charge on any atom is 0.246 e. The minimum atomic E-state index is -0.677. The Balaban J connectivity index is 1.75. The van der Waals surface area contributed by atoms with Crippen LogP contribution in [0, 0.1) is 11.8 Å². The molecule has 0 radical (unpaired) electrons. The van der Waals surface area contributed by atoms with E-state index in [4.69, 9.17) is 9.84 Å². The molecule has 3 rings (SSSR count). The number of carbonyl (C=O) groups is 3. The first-order valence-corrected chi connectivity index (χ1v) is 14.1. The third-order valence-electron chi connectivity index (χ3n) is 7.32. The van der Waals surface area contributed by atoms with E-state index in [1.807, 2.05) is 32.0 Å². The lowest BCUT2D eigenvalue weighted by atomic mass is 9.92. The van der Waals surface area contributed by atoms with Gasteiger partial charge in [0.15, 0.2) is 0 Å². The van der Waals surface area contributed by atoms with E-state index in [1.165, 1.54) is 0 Å². The molecule has 2 fully saturated rings. The Bertz CT molecular complexity index is 961. The number of piperazine rings is 1. The molecule has 1 aromatic rings. The fourth-order valence-corrected chi connectivity index (χ4v) is 5.54. The Hall–Kier alpha value is -2.65. The van der Waals surface area contributed by atoms with Gasteiger partial charge in [-0.1, -0.05) is 32.4 Å². The summed E-state index contributed by atoms with van der Waals surface area (Å²) in [5, 5.41) is 15.1.